The van der Waals surface area contributed by atoms with Gasteiger partial charge in [-0.2, -0.15) is 0 Å². The van der Waals surface area contributed by atoms with Gasteiger partial charge >= 0.3 is 0 Å². The third kappa shape index (κ3) is 3.64. The quantitative estimate of drug-likeness (QED) is 0.807. The first kappa shape index (κ1) is 15.4. The summed E-state index contributed by atoms with van der Waals surface area (Å²) in [5.74, 6) is 0.730. The Bertz CT molecular complexity index is 683. The van der Waals surface area contributed by atoms with Crippen LogP contribution in [-0.2, 0) is 6.42 Å². The fourth-order valence-electron chi connectivity index (χ4n) is 2.55. The van der Waals surface area contributed by atoms with Crippen molar-refractivity contribution in [3.63, 3.8) is 0 Å². The van der Waals surface area contributed by atoms with Gasteiger partial charge in [0.25, 0.3) is 0 Å². The van der Waals surface area contributed by atoms with Crippen LogP contribution in [-0.4, -0.2) is 19.7 Å². The van der Waals surface area contributed by atoms with Crippen molar-refractivity contribution in [2.75, 3.05) is 19.7 Å². The van der Waals surface area contributed by atoms with Crippen molar-refractivity contribution in [3.05, 3.63) is 69.7 Å². The van der Waals surface area contributed by atoms with Crippen LogP contribution in [0, 0.1) is 0 Å². The molecule has 3 rings (SSSR count). The van der Waals surface area contributed by atoms with E-state index < -0.39 is 0 Å². The summed E-state index contributed by atoms with van der Waals surface area (Å²) in [6, 6.07) is 14.1. The Kier molecular flexibility index (Phi) is 5.04. The third-order valence-corrected chi connectivity index (χ3v) is 4.16. The number of nitrogens with one attached hydrogen (secondary N) is 1. The van der Waals surface area contributed by atoms with Crippen LogP contribution in [0.25, 0.3) is 5.57 Å². The molecule has 1 N–H and O–H groups in total. The van der Waals surface area contributed by atoms with E-state index in [9.17, 15) is 0 Å². The zero-order valence-electron chi connectivity index (χ0n) is 12.1. The predicted molar refractivity (Wildman–Crippen MR) is 92.9 cm³/mol. The summed E-state index contributed by atoms with van der Waals surface area (Å²) in [6.07, 6.45) is 3.08. The largest absolute Gasteiger partial charge is 0.487 e. The molecule has 0 bridgehead atoms. The lowest BCUT2D eigenvalue weighted by atomic mass is 10.0. The lowest BCUT2D eigenvalue weighted by Crippen LogP contribution is -2.21. The summed E-state index contributed by atoms with van der Waals surface area (Å²) in [5.41, 5.74) is 3.50. The van der Waals surface area contributed by atoms with Crippen LogP contribution in [0.3, 0.4) is 0 Å². The minimum absolute atomic E-state index is 0.546. The molecule has 114 valence electrons. The van der Waals surface area contributed by atoms with E-state index in [1.807, 2.05) is 12.1 Å². The summed E-state index contributed by atoms with van der Waals surface area (Å²) in [6.45, 7) is 2.25. The van der Waals surface area contributed by atoms with E-state index in [2.05, 4.69) is 35.7 Å². The molecular weight excluding hydrogens is 317 g/mol. The Morgan fingerprint density at radius 1 is 1.09 bits per heavy atom. The van der Waals surface area contributed by atoms with Gasteiger partial charge in [0.1, 0.15) is 12.4 Å². The van der Waals surface area contributed by atoms with E-state index in [0.717, 1.165) is 30.8 Å². The molecule has 0 amide bonds. The van der Waals surface area contributed by atoms with Gasteiger partial charge in [0.2, 0.25) is 0 Å². The van der Waals surface area contributed by atoms with Crippen molar-refractivity contribution in [1.29, 1.82) is 0 Å². The fraction of sp³-hybridized carbons (Fsp3) is 0.222. The van der Waals surface area contributed by atoms with Gasteiger partial charge in [-0.25, -0.2) is 0 Å². The van der Waals surface area contributed by atoms with Gasteiger partial charge < -0.3 is 10.1 Å². The number of hydrogen-bond donors (Lipinski definition) is 1. The zero-order chi connectivity index (χ0) is 15.4. The molecule has 0 spiro atoms. The average Bonchev–Trinajstić information content (AvgIpc) is 2.53. The molecule has 0 atom stereocenters. The number of fused-ring (bicyclic) bond motifs is 1. The Morgan fingerprint density at radius 2 is 1.91 bits per heavy atom. The maximum Gasteiger partial charge on any atom is 0.146 e. The lowest BCUT2D eigenvalue weighted by Gasteiger charge is -2.20. The summed E-state index contributed by atoms with van der Waals surface area (Å²) in [5, 5.41) is 4.67. The van der Waals surface area contributed by atoms with E-state index >= 15 is 0 Å². The molecule has 0 radical (unpaired) electrons. The van der Waals surface area contributed by atoms with Crippen LogP contribution in [0.2, 0.25) is 10.0 Å². The first-order chi connectivity index (χ1) is 10.7. The van der Waals surface area contributed by atoms with Crippen molar-refractivity contribution < 1.29 is 4.74 Å². The standard InChI is InChI=1S/C18H17Cl2NO/c19-15-10-16-14(7-9-22-18(16)17(20)11-15)12-21-8-6-13-4-2-1-3-5-13/h1-5,7,10-11,21H,6,8-9,12H2. The molecule has 2 aromatic carbocycles. The highest BCUT2D eigenvalue weighted by Crippen LogP contribution is 2.38. The molecule has 1 aliphatic rings. The number of benzene rings is 2. The highest BCUT2D eigenvalue weighted by molar-refractivity contribution is 6.36. The first-order valence-corrected chi connectivity index (χ1v) is 8.05. The second kappa shape index (κ2) is 7.19. The molecule has 0 aliphatic carbocycles. The molecule has 1 heterocycles. The van der Waals surface area contributed by atoms with Gasteiger partial charge in [-0.3, -0.25) is 0 Å². The molecule has 1 aliphatic heterocycles. The zero-order valence-corrected chi connectivity index (χ0v) is 13.6. The normalized spacial score (nSPS) is 13.3. The molecule has 0 aromatic heterocycles. The SMILES string of the molecule is Clc1cc(Cl)c2c(c1)C(CNCCc1ccccc1)=CCO2. The van der Waals surface area contributed by atoms with Crippen LogP contribution >= 0.6 is 23.2 Å². The van der Waals surface area contributed by atoms with Crippen LogP contribution in [0.15, 0.2) is 48.5 Å². The van der Waals surface area contributed by atoms with Crippen molar-refractivity contribution >= 4 is 28.8 Å². The Hall–Kier alpha value is -1.48. The predicted octanol–water partition coefficient (Wildman–Crippen LogP) is 4.60. The molecule has 2 aromatic rings. The molecule has 0 saturated heterocycles. The maximum atomic E-state index is 6.20. The topological polar surface area (TPSA) is 21.3 Å². The number of halogens is 2. The van der Waals surface area contributed by atoms with E-state index in [1.165, 1.54) is 11.1 Å². The van der Waals surface area contributed by atoms with Crippen LogP contribution in [0.5, 0.6) is 5.75 Å². The van der Waals surface area contributed by atoms with Gasteiger partial charge in [-0.1, -0.05) is 53.5 Å². The molecule has 0 saturated carbocycles. The van der Waals surface area contributed by atoms with Gasteiger partial charge in [-0.05, 0) is 42.3 Å². The molecular formula is C18H17Cl2NO. The summed E-state index contributed by atoms with van der Waals surface area (Å²) >= 11 is 12.3. The van der Waals surface area contributed by atoms with Gasteiger partial charge in [0.15, 0.2) is 0 Å². The molecule has 4 heteroatoms. The average molecular weight is 334 g/mol. The van der Waals surface area contributed by atoms with E-state index in [1.54, 1.807) is 6.07 Å². The van der Waals surface area contributed by atoms with Gasteiger partial charge in [-0.15, -0.1) is 0 Å². The summed E-state index contributed by atoms with van der Waals surface area (Å²) < 4.78 is 5.62. The van der Waals surface area contributed by atoms with Gasteiger partial charge in [0, 0.05) is 17.1 Å². The minimum atomic E-state index is 0.546. The van der Waals surface area contributed by atoms with E-state index in [0.29, 0.717) is 16.7 Å². The van der Waals surface area contributed by atoms with Crippen molar-refractivity contribution in [3.8, 4) is 5.75 Å². The van der Waals surface area contributed by atoms with Crippen molar-refractivity contribution in [2.45, 2.75) is 6.42 Å². The van der Waals surface area contributed by atoms with Gasteiger partial charge in [0.05, 0.1) is 5.02 Å². The fourth-order valence-corrected chi connectivity index (χ4v) is 3.10. The lowest BCUT2D eigenvalue weighted by molar-refractivity contribution is 0.357. The highest BCUT2D eigenvalue weighted by atomic mass is 35.5. The minimum Gasteiger partial charge on any atom is -0.487 e. The van der Waals surface area contributed by atoms with E-state index in [-0.39, 0.29) is 0 Å². The van der Waals surface area contributed by atoms with Crippen LogP contribution < -0.4 is 10.1 Å². The number of ether oxygens (including phenoxy) is 1. The first-order valence-electron chi connectivity index (χ1n) is 7.30. The molecule has 22 heavy (non-hydrogen) atoms. The Labute approximate surface area is 140 Å². The summed E-state index contributed by atoms with van der Waals surface area (Å²) in [7, 11) is 0. The highest BCUT2D eigenvalue weighted by Gasteiger charge is 2.17. The van der Waals surface area contributed by atoms with Crippen molar-refractivity contribution in [2.24, 2.45) is 0 Å². The molecule has 0 fully saturated rings. The van der Waals surface area contributed by atoms with Crippen LogP contribution in [0.4, 0.5) is 0 Å². The molecule has 0 unspecified atom stereocenters. The third-order valence-electron chi connectivity index (χ3n) is 3.66. The Morgan fingerprint density at radius 3 is 2.73 bits per heavy atom. The number of rotatable bonds is 5. The monoisotopic (exact) mass is 333 g/mol. The second-order valence-corrected chi connectivity index (χ2v) is 6.06. The summed E-state index contributed by atoms with van der Waals surface area (Å²) in [4.78, 5) is 0. The number of hydrogen-bond acceptors (Lipinski definition) is 2. The maximum absolute atomic E-state index is 6.20. The van der Waals surface area contributed by atoms with Crippen LogP contribution in [0.1, 0.15) is 11.1 Å². The second-order valence-electron chi connectivity index (χ2n) is 5.22. The smallest absolute Gasteiger partial charge is 0.146 e. The van der Waals surface area contributed by atoms with E-state index in [4.69, 9.17) is 27.9 Å². The van der Waals surface area contributed by atoms with Crippen molar-refractivity contribution in [1.82, 2.24) is 5.32 Å². The Balaban J connectivity index is 1.61. The molecule has 2 nitrogen and oxygen atoms in total.